The zero-order valence-corrected chi connectivity index (χ0v) is 12.4. The third kappa shape index (κ3) is 6.96. The minimum absolute atomic E-state index is 0.153. The molecule has 0 aliphatic heterocycles. The van der Waals surface area contributed by atoms with Gasteiger partial charge in [-0.15, -0.1) is 0 Å². The van der Waals surface area contributed by atoms with E-state index >= 15 is 0 Å². The molecule has 0 aromatic carbocycles. The number of carbonyl (C=O) groups excluding carboxylic acids is 3. The number of aldehydes is 1. The third-order valence-electron chi connectivity index (χ3n) is 2.54. The number of rotatable bonds is 8. The summed E-state index contributed by atoms with van der Waals surface area (Å²) in [5, 5.41) is 0.893. The van der Waals surface area contributed by atoms with Crippen molar-refractivity contribution in [2.45, 2.75) is 52.5 Å². The lowest BCUT2D eigenvalue weighted by molar-refractivity contribution is -0.113. The molecule has 0 heterocycles. The predicted octanol–water partition coefficient (Wildman–Crippen LogP) is 2.25. The van der Waals surface area contributed by atoms with Gasteiger partial charge < -0.3 is 14.3 Å². The van der Waals surface area contributed by atoms with Crippen LogP contribution < -0.4 is 5.43 Å². The Labute approximate surface area is 119 Å². The third-order valence-corrected chi connectivity index (χ3v) is 2.54. The lowest BCUT2D eigenvalue weighted by Crippen LogP contribution is -2.53. The van der Waals surface area contributed by atoms with Crippen LogP contribution in [0.15, 0.2) is 0 Å². The van der Waals surface area contributed by atoms with E-state index in [0.29, 0.717) is 12.7 Å². The average Bonchev–Trinajstić information content (AvgIpc) is 2.42. The Bertz CT molecular complexity index is 309. The summed E-state index contributed by atoms with van der Waals surface area (Å²) >= 11 is 0. The second-order valence-corrected chi connectivity index (χ2v) is 4.10. The molecule has 0 aromatic heterocycles. The van der Waals surface area contributed by atoms with E-state index in [1.54, 1.807) is 13.8 Å². The smallest absolute Gasteiger partial charge is 0.429 e. The van der Waals surface area contributed by atoms with Crippen molar-refractivity contribution in [3.63, 3.8) is 0 Å². The van der Waals surface area contributed by atoms with Gasteiger partial charge in [0.2, 0.25) is 0 Å². The molecule has 0 rings (SSSR count). The Morgan fingerprint density at radius 3 is 2.30 bits per heavy atom. The van der Waals surface area contributed by atoms with Crippen LogP contribution in [0.25, 0.3) is 0 Å². The molecule has 1 atom stereocenters. The highest BCUT2D eigenvalue weighted by Crippen LogP contribution is 2.08. The number of amides is 2. The first-order valence-corrected chi connectivity index (χ1v) is 6.95. The van der Waals surface area contributed by atoms with Crippen LogP contribution in [0.2, 0.25) is 0 Å². The summed E-state index contributed by atoms with van der Waals surface area (Å²) in [4.78, 5) is 34.4. The Morgan fingerprint density at radius 2 is 1.80 bits per heavy atom. The average molecular weight is 288 g/mol. The minimum Gasteiger partial charge on any atom is -0.449 e. The first kappa shape index (κ1) is 18.2. The molecule has 2 amide bonds. The molecule has 0 aliphatic carbocycles. The van der Waals surface area contributed by atoms with Crippen molar-refractivity contribution in [3.05, 3.63) is 0 Å². The molecule has 0 aliphatic rings. The van der Waals surface area contributed by atoms with Gasteiger partial charge in [-0.1, -0.05) is 26.2 Å². The van der Waals surface area contributed by atoms with E-state index in [-0.39, 0.29) is 13.2 Å². The summed E-state index contributed by atoms with van der Waals surface area (Å²) < 4.78 is 9.54. The molecular weight excluding hydrogens is 264 g/mol. The minimum atomic E-state index is -0.789. The number of hydrazine groups is 1. The zero-order chi connectivity index (χ0) is 15.4. The molecule has 0 fully saturated rings. The SMILES string of the molecule is CCCCC[C@@H](C=O)N(NC(=O)OCC)C(=O)OCC. The topological polar surface area (TPSA) is 84.9 Å². The van der Waals surface area contributed by atoms with Crippen LogP contribution in [0.4, 0.5) is 9.59 Å². The van der Waals surface area contributed by atoms with Gasteiger partial charge in [-0.2, -0.15) is 0 Å². The van der Waals surface area contributed by atoms with Crippen molar-refractivity contribution in [1.82, 2.24) is 10.4 Å². The maximum atomic E-state index is 11.8. The molecule has 1 N–H and O–H groups in total. The largest absolute Gasteiger partial charge is 0.449 e. The van der Waals surface area contributed by atoms with Crippen LogP contribution in [-0.4, -0.2) is 42.7 Å². The monoisotopic (exact) mass is 288 g/mol. The normalized spacial score (nSPS) is 11.3. The number of hydrogen-bond acceptors (Lipinski definition) is 5. The summed E-state index contributed by atoms with van der Waals surface area (Å²) in [6.45, 7) is 5.65. The van der Waals surface area contributed by atoms with E-state index in [4.69, 9.17) is 9.47 Å². The summed E-state index contributed by atoms with van der Waals surface area (Å²) in [6, 6.07) is -0.759. The Morgan fingerprint density at radius 1 is 1.15 bits per heavy atom. The van der Waals surface area contributed by atoms with Gasteiger partial charge in [0.05, 0.1) is 13.2 Å². The van der Waals surface area contributed by atoms with Crippen LogP contribution in [0, 0.1) is 0 Å². The summed E-state index contributed by atoms with van der Waals surface area (Å²) in [5.41, 5.74) is 2.25. The summed E-state index contributed by atoms with van der Waals surface area (Å²) in [7, 11) is 0. The van der Waals surface area contributed by atoms with E-state index in [9.17, 15) is 14.4 Å². The van der Waals surface area contributed by atoms with Gasteiger partial charge in [-0.3, -0.25) is 0 Å². The highest BCUT2D eigenvalue weighted by Gasteiger charge is 2.26. The van der Waals surface area contributed by atoms with Crippen molar-refractivity contribution in [3.8, 4) is 0 Å². The van der Waals surface area contributed by atoms with Gasteiger partial charge in [0.1, 0.15) is 12.3 Å². The quantitative estimate of drug-likeness (QED) is 0.420. The molecule has 0 radical (unpaired) electrons. The van der Waals surface area contributed by atoms with Crippen LogP contribution in [0.5, 0.6) is 0 Å². The fraction of sp³-hybridized carbons (Fsp3) is 0.769. The molecule has 7 nitrogen and oxygen atoms in total. The Hall–Kier alpha value is -1.79. The summed E-state index contributed by atoms with van der Waals surface area (Å²) in [6.07, 6.45) is 2.25. The molecule has 0 bridgehead atoms. The number of hydrogen-bond donors (Lipinski definition) is 1. The number of carbonyl (C=O) groups is 3. The maximum absolute atomic E-state index is 11.8. The number of ether oxygens (including phenoxy) is 2. The first-order valence-electron chi connectivity index (χ1n) is 6.95. The van der Waals surface area contributed by atoms with E-state index in [2.05, 4.69) is 5.43 Å². The van der Waals surface area contributed by atoms with Crippen LogP contribution in [-0.2, 0) is 14.3 Å². The van der Waals surface area contributed by atoms with Gasteiger partial charge in [-0.25, -0.2) is 20.0 Å². The lowest BCUT2D eigenvalue weighted by Gasteiger charge is -2.26. The number of nitrogens with one attached hydrogen (secondary N) is 1. The highest BCUT2D eigenvalue weighted by molar-refractivity contribution is 5.77. The second-order valence-electron chi connectivity index (χ2n) is 4.10. The van der Waals surface area contributed by atoms with Crippen molar-refractivity contribution in [1.29, 1.82) is 0 Å². The first-order chi connectivity index (χ1) is 9.60. The molecule has 20 heavy (non-hydrogen) atoms. The van der Waals surface area contributed by atoms with Crippen molar-refractivity contribution < 1.29 is 23.9 Å². The van der Waals surface area contributed by atoms with Crippen molar-refractivity contribution >= 4 is 18.5 Å². The molecule has 0 spiro atoms. The Kier molecular flexibility index (Phi) is 10.1. The number of nitrogens with zero attached hydrogens (tertiary/aromatic N) is 1. The standard InChI is InChI=1S/C13H24N2O5/c1-4-7-8-9-11(10-16)15(13(18)20-6-3)14-12(17)19-5-2/h10-11H,4-9H2,1-3H3,(H,14,17)/t11-/m0/s1. The van der Waals surface area contributed by atoms with Gasteiger partial charge in [0.25, 0.3) is 0 Å². The molecular formula is C13H24N2O5. The molecule has 7 heteroatoms. The fourth-order valence-corrected chi connectivity index (χ4v) is 1.58. The van der Waals surface area contributed by atoms with Crippen molar-refractivity contribution in [2.24, 2.45) is 0 Å². The molecule has 0 aromatic rings. The van der Waals surface area contributed by atoms with Gasteiger partial charge in [0, 0.05) is 0 Å². The van der Waals surface area contributed by atoms with Crippen LogP contribution in [0.3, 0.4) is 0 Å². The van der Waals surface area contributed by atoms with Gasteiger partial charge in [-0.05, 0) is 20.3 Å². The zero-order valence-electron chi connectivity index (χ0n) is 12.4. The van der Waals surface area contributed by atoms with Crippen LogP contribution >= 0.6 is 0 Å². The lowest BCUT2D eigenvalue weighted by atomic mass is 10.1. The molecule has 0 saturated carbocycles. The van der Waals surface area contributed by atoms with Crippen molar-refractivity contribution in [2.75, 3.05) is 13.2 Å². The van der Waals surface area contributed by atoms with E-state index in [1.165, 1.54) is 0 Å². The fourth-order valence-electron chi connectivity index (χ4n) is 1.58. The molecule has 116 valence electrons. The second kappa shape index (κ2) is 11.1. The maximum Gasteiger partial charge on any atom is 0.429 e. The molecule has 0 saturated heterocycles. The highest BCUT2D eigenvalue weighted by atomic mass is 16.6. The summed E-state index contributed by atoms with van der Waals surface area (Å²) in [5.74, 6) is 0. The van der Waals surface area contributed by atoms with E-state index in [1.807, 2.05) is 6.92 Å². The van der Waals surface area contributed by atoms with Gasteiger partial charge in [0.15, 0.2) is 0 Å². The van der Waals surface area contributed by atoms with Gasteiger partial charge >= 0.3 is 12.2 Å². The molecule has 0 unspecified atom stereocenters. The predicted molar refractivity (Wildman–Crippen MR) is 73.0 cm³/mol. The Balaban J connectivity index is 4.72. The number of unbranched alkanes of at least 4 members (excludes halogenated alkanes) is 2. The van der Waals surface area contributed by atoms with E-state index in [0.717, 1.165) is 24.3 Å². The van der Waals surface area contributed by atoms with E-state index < -0.39 is 18.2 Å². The van der Waals surface area contributed by atoms with Crippen LogP contribution in [0.1, 0.15) is 46.5 Å².